The van der Waals surface area contributed by atoms with E-state index in [1.165, 1.54) is 6.07 Å². The minimum absolute atomic E-state index is 0.0559. The van der Waals surface area contributed by atoms with Gasteiger partial charge in [0.2, 0.25) is 0 Å². The first-order chi connectivity index (χ1) is 10.5. The number of rotatable bonds is 6. The Kier molecular flexibility index (Phi) is 5.20. The van der Waals surface area contributed by atoms with Crippen LogP contribution in [0.2, 0.25) is 0 Å². The van der Waals surface area contributed by atoms with E-state index in [2.05, 4.69) is 19.2 Å². The van der Waals surface area contributed by atoms with E-state index in [0.717, 1.165) is 17.4 Å². The summed E-state index contributed by atoms with van der Waals surface area (Å²) in [6, 6.07) is 6.66. The lowest BCUT2D eigenvalue weighted by molar-refractivity contribution is -0.123. The molecule has 0 unspecified atom stereocenters. The number of carbonyl (C=O) groups excluding carboxylic acids is 1. The van der Waals surface area contributed by atoms with Crippen molar-refractivity contribution in [3.63, 3.8) is 0 Å². The first-order valence-corrected chi connectivity index (χ1v) is 7.39. The molecule has 2 aromatic rings. The third-order valence-electron chi connectivity index (χ3n) is 3.34. The average molecular weight is 303 g/mol. The third kappa shape index (κ3) is 4.35. The molecule has 0 bridgehead atoms. The first-order valence-electron chi connectivity index (χ1n) is 7.39. The number of aryl methyl sites for hydroxylation is 1. The van der Waals surface area contributed by atoms with E-state index in [9.17, 15) is 9.59 Å². The minimum atomic E-state index is -0.395. The van der Waals surface area contributed by atoms with Crippen molar-refractivity contribution in [2.45, 2.75) is 27.2 Å². The van der Waals surface area contributed by atoms with Gasteiger partial charge in [0.1, 0.15) is 11.3 Å². The summed E-state index contributed by atoms with van der Waals surface area (Å²) in [5.74, 6) is 0.888. The van der Waals surface area contributed by atoms with Crippen LogP contribution in [0.4, 0.5) is 0 Å². The van der Waals surface area contributed by atoms with Crippen molar-refractivity contribution in [3.05, 3.63) is 40.2 Å². The Bertz CT molecular complexity index is 718. The molecule has 0 spiro atoms. The van der Waals surface area contributed by atoms with Crippen LogP contribution < -0.4 is 15.7 Å². The molecule has 1 heterocycles. The predicted molar refractivity (Wildman–Crippen MR) is 85.2 cm³/mol. The van der Waals surface area contributed by atoms with Crippen molar-refractivity contribution in [1.29, 1.82) is 0 Å². The maximum atomic E-state index is 11.7. The van der Waals surface area contributed by atoms with Crippen molar-refractivity contribution in [1.82, 2.24) is 5.32 Å². The van der Waals surface area contributed by atoms with Crippen molar-refractivity contribution < 1.29 is 13.9 Å². The highest BCUT2D eigenvalue weighted by atomic mass is 16.5. The fourth-order valence-electron chi connectivity index (χ4n) is 2.10. The summed E-state index contributed by atoms with van der Waals surface area (Å²) in [6.45, 7) is 6.65. The summed E-state index contributed by atoms with van der Waals surface area (Å²) in [5.41, 5.74) is 0.917. The Morgan fingerprint density at radius 2 is 2.09 bits per heavy atom. The number of benzene rings is 1. The van der Waals surface area contributed by atoms with Gasteiger partial charge < -0.3 is 14.5 Å². The molecule has 5 heteroatoms. The number of hydrogen-bond acceptors (Lipinski definition) is 4. The molecule has 2 rings (SSSR count). The first kappa shape index (κ1) is 16.1. The van der Waals surface area contributed by atoms with Gasteiger partial charge in [-0.05, 0) is 37.0 Å². The second kappa shape index (κ2) is 7.11. The molecule has 0 saturated carbocycles. The molecule has 0 atom stereocenters. The van der Waals surface area contributed by atoms with Gasteiger partial charge in [0, 0.05) is 24.1 Å². The molecule has 0 radical (unpaired) electrons. The molecule has 0 aliphatic rings. The molecule has 0 fully saturated rings. The number of fused-ring (bicyclic) bond motifs is 1. The van der Waals surface area contributed by atoms with Crippen molar-refractivity contribution in [2.24, 2.45) is 5.92 Å². The summed E-state index contributed by atoms with van der Waals surface area (Å²) in [4.78, 5) is 23.0. The second-order valence-electron chi connectivity index (χ2n) is 5.73. The summed E-state index contributed by atoms with van der Waals surface area (Å²) in [6.07, 6.45) is 0.937. The zero-order chi connectivity index (χ0) is 16.1. The highest BCUT2D eigenvalue weighted by molar-refractivity contribution is 5.81. The molecular weight excluding hydrogens is 282 g/mol. The van der Waals surface area contributed by atoms with E-state index >= 15 is 0 Å². The maximum Gasteiger partial charge on any atom is 0.336 e. The fourth-order valence-corrected chi connectivity index (χ4v) is 2.10. The lowest BCUT2D eigenvalue weighted by atomic mass is 10.1. The smallest absolute Gasteiger partial charge is 0.336 e. The molecule has 1 amide bonds. The van der Waals surface area contributed by atoms with Gasteiger partial charge in [-0.15, -0.1) is 0 Å². The Hall–Kier alpha value is -2.30. The molecule has 0 aliphatic heterocycles. The molecule has 0 saturated heterocycles. The Morgan fingerprint density at radius 1 is 1.32 bits per heavy atom. The van der Waals surface area contributed by atoms with Crippen LogP contribution in [-0.2, 0) is 4.79 Å². The van der Waals surface area contributed by atoms with E-state index in [1.807, 2.05) is 13.0 Å². The third-order valence-corrected chi connectivity index (χ3v) is 3.34. The summed E-state index contributed by atoms with van der Waals surface area (Å²) in [5, 5.41) is 3.66. The van der Waals surface area contributed by atoms with Crippen LogP contribution in [-0.4, -0.2) is 19.1 Å². The van der Waals surface area contributed by atoms with Crippen molar-refractivity contribution >= 4 is 16.9 Å². The van der Waals surface area contributed by atoms with Crippen LogP contribution in [0.3, 0.4) is 0 Å². The summed E-state index contributed by atoms with van der Waals surface area (Å²) in [7, 11) is 0. The molecule has 118 valence electrons. The Balaban J connectivity index is 1.97. The Morgan fingerprint density at radius 3 is 2.82 bits per heavy atom. The highest BCUT2D eigenvalue weighted by Gasteiger charge is 2.06. The van der Waals surface area contributed by atoms with Gasteiger partial charge in [0.05, 0.1) is 0 Å². The largest absolute Gasteiger partial charge is 0.484 e. The topological polar surface area (TPSA) is 68.5 Å². The van der Waals surface area contributed by atoms with Gasteiger partial charge in [-0.2, -0.15) is 0 Å². The quantitative estimate of drug-likeness (QED) is 0.833. The van der Waals surface area contributed by atoms with Crippen molar-refractivity contribution in [2.75, 3.05) is 13.2 Å². The van der Waals surface area contributed by atoms with E-state index in [0.29, 0.717) is 23.8 Å². The summed E-state index contributed by atoms with van der Waals surface area (Å²) >= 11 is 0. The SMILES string of the molecule is Cc1cc(=O)oc2cc(OCC(=O)NCCC(C)C)ccc12. The van der Waals surface area contributed by atoms with Gasteiger partial charge in [0.25, 0.3) is 5.91 Å². The minimum Gasteiger partial charge on any atom is -0.484 e. The molecule has 22 heavy (non-hydrogen) atoms. The molecular formula is C17H21NO4. The zero-order valence-corrected chi connectivity index (χ0v) is 13.1. The number of nitrogens with one attached hydrogen (secondary N) is 1. The average Bonchev–Trinajstić information content (AvgIpc) is 2.44. The van der Waals surface area contributed by atoms with Gasteiger partial charge in [0.15, 0.2) is 6.61 Å². The zero-order valence-electron chi connectivity index (χ0n) is 13.1. The molecule has 1 aromatic heterocycles. The fraction of sp³-hybridized carbons (Fsp3) is 0.412. The van der Waals surface area contributed by atoms with Crippen LogP contribution in [0.5, 0.6) is 5.75 Å². The molecule has 1 N–H and O–H groups in total. The van der Waals surface area contributed by atoms with E-state index in [4.69, 9.17) is 9.15 Å². The predicted octanol–water partition coefficient (Wildman–Crippen LogP) is 2.64. The lowest BCUT2D eigenvalue weighted by Crippen LogP contribution is -2.30. The van der Waals surface area contributed by atoms with Gasteiger partial charge in [-0.1, -0.05) is 13.8 Å². The standard InChI is InChI=1S/C17H21NO4/c1-11(2)6-7-18-16(19)10-21-13-4-5-14-12(3)8-17(20)22-15(14)9-13/h4-5,8-9,11H,6-7,10H2,1-3H3,(H,18,19). The highest BCUT2D eigenvalue weighted by Crippen LogP contribution is 2.22. The maximum absolute atomic E-state index is 11.7. The van der Waals surface area contributed by atoms with Gasteiger partial charge >= 0.3 is 5.63 Å². The molecule has 1 aromatic carbocycles. The van der Waals surface area contributed by atoms with Gasteiger partial charge in [-0.3, -0.25) is 4.79 Å². The Labute approximate surface area is 129 Å². The molecule has 5 nitrogen and oxygen atoms in total. The van der Waals surface area contributed by atoms with Crippen LogP contribution in [0, 0.1) is 12.8 Å². The van der Waals surface area contributed by atoms with Crippen LogP contribution >= 0.6 is 0 Å². The number of amides is 1. The lowest BCUT2D eigenvalue weighted by Gasteiger charge is -2.09. The van der Waals surface area contributed by atoms with E-state index in [1.54, 1.807) is 12.1 Å². The normalized spacial score (nSPS) is 10.9. The van der Waals surface area contributed by atoms with Crippen molar-refractivity contribution in [3.8, 4) is 5.75 Å². The molecule has 0 aliphatic carbocycles. The number of ether oxygens (including phenoxy) is 1. The van der Waals surface area contributed by atoms with Crippen LogP contribution in [0.15, 0.2) is 33.5 Å². The summed E-state index contributed by atoms with van der Waals surface area (Å²) < 4.78 is 10.6. The number of carbonyl (C=O) groups is 1. The van der Waals surface area contributed by atoms with E-state index in [-0.39, 0.29) is 12.5 Å². The van der Waals surface area contributed by atoms with Crippen LogP contribution in [0.1, 0.15) is 25.8 Å². The van der Waals surface area contributed by atoms with Crippen LogP contribution in [0.25, 0.3) is 11.0 Å². The number of hydrogen-bond donors (Lipinski definition) is 1. The van der Waals surface area contributed by atoms with Gasteiger partial charge in [-0.25, -0.2) is 4.79 Å². The second-order valence-corrected chi connectivity index (χ2v) is 5.73. The monoisotopic (exact) mass is 303 g/mol. The van der Waals surface area contributed by atoms with E-state index < -0.39 is 5.63 Å².